The largest absolute Gasteiger partial charge is 0.374 e. The Bertz CT molecular complexity index is 653. The van der Waals surface area contributed by atoms with Crippen LogP contribution in [0, 0.1) is 10.1 Å². The Morgan fingerprint density at radius 1 is 1.43 bits per heavy atom. The number of hydrogen-bond donors (Lipinski definition) is 0. The van der Waals surface area contributed by atoms with E-state index in [1.807, 2.05) is 22.9 Å². The number of morpholine rings is 1. The second-order valence-electron chi connectivity index (χ2n) is 5.33. The van der Waals surface area contributed by atoms with Gasteiger partial charge in [0.25, 0.3) is 5.69 Å². The van der Waals surface area contributed by atoms with Gasteiger partial charge in [-0.3, -0.25) is 15.0 Å². The first-order chi connectivity index (χ1) is 10.2. The Hall–Kier alpha value is -1.92. The van der Waals surface area contributed by atoms with Crippen LogP contribution in [0.2, 0.25) is 0 Å². The molecule has 2 heterocycles. The summed E-state index contributed by atoms with van der Waals surface area (Å²) >= 11 is 0. The summed E-state index contributed by atoms with van der Waals surface area (Å²) in [6.45, 7) is 6.34. The lowest BCUT2D eigenvalue weighted by atomic mass is 10.2. The molecule has 0 radical (unpaired) electrons. The van der Waals surface area contributed by atoms with Gasteiger partial charge in [0.1, 0.15) is 5.52 Å². The number of benzene rings is 1. The Balaban J connectivity index is 1.89. The number of nitro benzene ring substituents is 1. The molecular formula is C15H19N3O3. The van der Waals surface area contributed by atoms with Crippen molar-refractivity contribution < 1.29 is 9.66 Å². The highest BCUT2D eigenvalue weighted by Crippen LogP contribution is 2.27. The number of likely N-dealkylation sites (N-methyl/N-ethyl adjacent to an activating group) is 1. The van der Waals surface area contributed by atoms with Gasteiger partial charge in [-0.25, -0.2) is 0 Å². The summed E-state index contributed by atoms with van der Waals surface area (Å²) in [4.78, 5) is 13.2. The molecule has 1 aromatic carbocycles. The molecule has 1 fully saturated rings. The highest BCUT2D eigenvalue weighted by molar-refractivity contribution is 5.88. The number of fused-ring (bicyclic) bond motifs is 1. The van der Waals surface area contributed by atoms with Crippen LogP contribution in [0.3, 0.4) is 0 Å². The van der Waals surface area contributed by atoms with Crippen molar-refractivity contribution in [3.63, 3.8) is 0 Å². The van der Waals surface area contributed by atoms with Gasteiger partial charge < -0.3 is 9.30 Å². The van der Waals surface area contributed by atoms with E-state index in [0.29, 0.717) is 12.1 Å². The Morgan fingerprint density at radius 2 is 2.29 bits per heavy atom. The highest BCUT2D eigenvalue weighted by atomic mass is 16.6. The first-order valence-electron chi connectivity index (χ1n) is 7.25. The van der Waals surface area contributed by atoms with Crippen molar-refractivity contribution in [3.05, 3.63) is 40.6 Å². The van der Waals surface area contributed by atoms with Crippen molar-refractivity contribution in [1.29, 1.82) is 0 Å². The van der Waals surface area contributed by atoms with Crippen LogP contribution in [0.25, 0.3) is 10.9 Å². The third kappa shape index (κ3) is 2.77. The molecule has 1 atom stereocenters. The summed E-state index contributed by atoms with van der Waals surface area (Å²) < 4.78 is 7.74. The van der Waals surface area contributed by atoms with Crippen molar-refractivity contribution >= 4 is 16.6 Å². The zero-order valence-electron chi connectivity index (χ0n) is 12.1. The third-order valence-corrected chi connectivity index (χ3v) is 4.03. The minimum absolute atomic E-state index is 0.0779. The summed E-state index contributed by atoms with van der Waals surface area (Å²) in [5.74, 6) is 0. The Labute approximate surface area is 123 Å². The van der Waals surface area contributed by atoms with Gasteiger partial charge in [0.15, 0.2) is 0 Å². The molecule has 1 saturated heterocycles. The fraction of sp³-hybridized carbons (Fsp3) is 0.467. The number of ether oxygens (including phenoxy) is 1. The van der Waals surface area contributed by atoms with Crippen LogP contribution >= 0.6 is 0 Å². The molecule has 0 N–H and O–H groups in total. The van der Waals surface area contributed by atoms with Crippen LogP contribution < -0.4 is 0 Å². The lowest BCUT2D eigenvalue weighted by Gasteiger charge is -2.32. The lowest BCUT2D eigenvalue weighted by molar-refractivity contribution is -0.383. The molecule has 1 aromatic heterocycles. The van der Waals surface area contributed by atoms with Crippen LogP contribution in [0.4, 0.5) is 5.69 Å². The van der Waals surface area contributed by atoms with Gasteiger partial charge in [-0.1, -0.05) is 19.1 Å². The zero-order chi connectivity index (χ0) is 14.8. The molecule has 0 aliphatic carbocycles. The van der Waals surface area contributed by atoms with Gasteiger partial charge in [0, 0.05) is 30.7 Å². The maximum atomic E-state index is 11.2. The molecule has 0 spiro atoms. The SMILES string of the molecule is CCN1CCOC(Cn2ccc3cccc([N+](=O)[O-])c32)C1. The monoisotopic (exact) mass is 289 g/mol. The number of rotatable bonds is 4. The van der Waals surface area contributed by atoms with Crippen molar-refractivity contribution in [1.82, 2.24) is 9.47 Å². The molecule has 1 aliphatic rings. The van der Waals surface area contributed by atoms with Crippen LogP contribution in [-0.4, -0.2) is 46.7 Å². The van der Waals surface area contributed by atoms with Gasteiger partial charge in [0.2, 0.25) is 0 Å². The molecule has 6 nitrogen and oxygen atoms in total. The van der Waals surface area contributed by atoms with Crippen LogP contribution in [0.15, 0.2) is 30.5 Å². The van der Waals surface area contributed by atoms with Gasteiger partial charge in [-0.2, -0.15) is 0 Å². The average molecular weight is 289 g/mol. The molecule has 112 valence electrons. The van der Waals surface area contributed by atoms with Crippen LogP contribution in [0.5, 0.6) is 0 Å². The van der Waals surface area contributed by atoms with Crippen molar-refractivity contribution in [3.8, 4) is 0 Å². The lowest BCUT2D eigenvalue weighted by Crippen LogP contribution is -2.43. The average Bonchev–Trinajstić information content (AvgIpc) is 2.90. The molecule has 21 heavy (non-hydrogen) atoms. The molecule has 0 bridgehead atoms. The fourth-order valence-corrected chi connectivity index (χ4v) is 2.94. The molecule has 6 heteroatoms. The normalized spacial score (nSPS) is 20.0. The van der Waals surface area contributed by atoms with Gasteiger partial charge >= 0.3 is 0 Å². The van der Waals surface area contributed by atoms with E-state index in [0.717, 1.165) is 31.6 Å². The Kier molecular flexibility index (Phi) is 3.90. The second-order valence-corrected chi connectivity index (χ2v) is 5.33. The minimum atomic E-state index is -0.321. The van der Waals surface area contributed by atoms with E-state index < -0.39 is 0 Å². The quantitative estimate of drug-likeness (QED) is 0.640. The summed E-state index contributed by atoms with van der Waals surface area (Å²) in [5.41, 5.74) is 0.834. The highest BCUT2D eigenvalue weighted by Gasteiger charge is 2.22. The molecule has 2 aromatic rings. The van der Waals surface area contributed by atoms with E-state index in [2.05, 4.69) is 11.8 Å². The van der Waals surface area contributed by atoms with Crippen molar-refractivity contribution in [2.45, 2.75) is 19.6 Å². The first-order valence-corrected chi connectivity index (χ1v) is 7.25. The summed E-state index contributed by atoms with van der Waals surface area (Å²) in [6, 6.07) is 7.10. The summed E-state index contributed by atoms with van der Waals surface area (Å²) in [7, 11) is 0. The van der Waals surface area contributed by atoms with E-state index in [4.69, 9.17) is 4.74 Å². The minimum Gasteiger partial charge on any atom is -0.374 e. The standard InChI is InChI=1S/C15H19N3O3/c1-2-16-8-9-21-13(10-16)11-17-7-6-12-4-3-5-14(15(12)17)18(19)20/h3-7,13H,2,8-11H2,1H3. The number of nitro groups is 1. The van der Waals surface area contributed by atoms with Gasteiger partial charge in [-0.15, -0.1) is 0 Å². The molecular weight excluding hydrogens is 270 g/mol. The maximum Gasteiger partial charge on any atom is 0.293 e. The summed E-state index contributed by atoms with van der Waals surface area (Å²) in [5, 5.41) is 12.1. The van der Waals surface area contributed by atoms with Crippen molar-refractivity contribution in [2.75, 3.05) is 26.2 Å². The molecule has 1 aliphatic heterocycles. The van der Waals surface area contributed by atoms with Gasteiger partial charge in [-0.05, 0) is 12.6 Å². The molecule has 1 unspecified atom stereocenters. The number of hydrogen-bond acceptors (Lipinski definition) is 4. The smallest absolute Gasteiger partial charge is 0.293 e. The van der Waals surface area contributed by atoms with E-state index in [1.165, 1.54) is 0 Å². The number of non-ortho nitro benzene ring substituents is 1. The van der Waals surface area contributed by atoms with Gasteiger partial charge in [0.05, 0.1) is 24.2 Å². The predicted molar refractivity (Wildman–Crippen MR) is 80.4 cm³/mol. The molecule has 0 saturated carbocycles. The topological polar surface area (TPSA) is 60.5 Å². The number of aromatic nitrogens is 1. The fourth-order valence-electron chi connectivity index (χ4n) is 2.94. The zero-order valence-corrected chi connectivity index (χ0v) is 12.1. The molecule has 3 rings (SSSR count). The maximum absolute atomic E-state index is 11.2. The van der Waals surface area contributed by atoms with E-state index in [-0.39, 0.29) is 16.7 Å². The Morgan fingerprint density at radius 3 is 3.05 bits per heavy atom. The third-order valence-electron chi connectivity index (χ3n) is 4.03. The number of para-hydroxylation sites is 1. The van der Waals surface area contributed by atoms with Crippen molar-refractivity contribution in [2.24, 2.45) is 0 Å². The van der Waals surface area contributed by atoms with Crippen LogP contribution in [-0.2, 0) is 11.3 Å². The van der Waals surface area contributed by atoms with E-state index in [9.17, 15) is 10.1 Å². The second kappa shape index (κ2) is 5.83. The van der Waals surface area contributed by atoms with Crippen LogP contribution in [0.1, 0.15) is 6.92 Å². The molecule has 0 amide bonds. The first kappa shape index (κ1) is 14.0. The predicted octanol–water partition coefficient (Wildman–Crippen LogP) is 2.27. The number of nitrogens with zero attached hydrogens (tertiary/aromatic N) is 3. The van der Waals surface area contributed by atoms with E-state index in [1.54, 1.807) is 12.1 Å². The summed E-state index contributed by atoms with van der Waals surface area (Å²) in [6.07, 6.45) is 1.99. The van der Waals surface area contributed by atoms with E-state index >= 15 is 0 Å².